The minimum Gasteiger partial charge on any atom is -0.382 e. The van der Waals surface area contributed by atoms with Crippen molar-refractivity contribution in [3.05, 3.63) is 0 Å². The van der Waals surface area contributed by atoms with Gasteiger partial charge in [-0.25, -0.2) is 0 Å². The van der Waals surface area contributed by atoms with Crippen molar-refractivity contribution in [3.63, 3.8) is 0 Å². The number of amides is 1. The van der Waals surface area contributed by atoms with Crippen LogP contribution < -0.4 is 10.6 Å². The fourth-order valence-corrected chi connectivity index (χ4v) is 1.88. The number of methoxy groups -OCH3 is 1. The van der Waals surface area contributed by atoms with E-state index in [0.29, 0.717) is 45.5 Å². The van der Waals surface area contributed by atoms with E-state index in [2.05, 4.69) is 10.6 Å². The summed E-state index contributed by atoms with van der Waals surface area (Å²) in [7, 11) is 1.63. The van der Waals surface area contributed by atoms with E-state index in [4.69, 9.17) is 14.2 Å². The zero-order chi connectivity index (χ0) is 13.8. The second kappa shape index (κ2) is 11.2. The number of ether oxygens (including phenoxy) is 3. The predicted molar refractivity (Wildman–Crippen MR) is 72.2 cm³/mol. The molecular weight excluding hydrogens is 248 g/mol. The van der Waals surface area contributed by atoms with Crippen molar-refractivity contribution in [1.82, 2.24) is 10.6 Å². The molecule has 6 nitrogen and oxygen atoms in total. The summed E-state index contributed by atoms with van der Waals surface area (Å²) >= 11 is 0. The van der Waals surface area contributed by atoms with Gasteiger partial charge >= 0.3 is 0 Å². The van der Waals surface area contributed by atoms with Crippen molar-refractivity contribution < 1.29 is 19.0 Å². The molecule has 112 valence electrons. The van der Waals surface area contributed by atoms with Crippen LogP contribution in [0.2, 0.25) is 0 Å². The van der Waals surface area contributed by atoms with E-state index in [1.165, 1.54) is 0 Å². The van der Waals surface area contributed by atoms with Crippen LogP contribution >= 0.6 is 0 Å². The summed E-state index contributed by atoms with van der Waals surface area (Å²) < 4.78 is 15.8. The smallest absolute Gasteiger partial charge is 0.222 e. The molecule has 6 heteroatoms. The lowest BCUT2D eigenvalue weighted by atomic mass is 10.1. The first kappa shape index (κ1) is 16.4. The first-order chi connectivity index (χ1) is 9.33. The monoisotopic (exact) mass is 274 g/mol. The molecule has 0 spiro atoms. The highest BCUT2D eigenvalue weighted by atomic mass is 16.5. The Morgan fingerprint density at radius 2 is 2.00 bits per heavy atom. The van der Waals surface area contributed by atoms with Crippen LogP contribution in [-0.2, 0) is 19.0 Å². The quantitative estimate of drug-likeness (QED) is 0.546. The Morgan fingerprint density at radius 3 is 2.74 bits per heavy atom. The summed E-state index contributed by atoms with van der Waals surface area (Å²) in [6.07, 6.45) is 2.80. The van der Waals surface area contributed by atoms with E-state index in [1.54, 1.807) is 7.11 Å². The molecular formula is C13H26N2O4. The van der Waals surface area contributed by atoms with Gasteiger partial charge in [0, 0.05) is 20.1 Å². The summed E-state index contributed by atoms with van der Waals surface area (Å²) in [5.41, 5.74) is 0. The maximum absolute atomic E-state index is 11.5. The molecule has 0 aliphatic carbocycles. The van der Waals surface area contributed by atoms with Gasteiger partial charge in [-0.05, 0) is 25.9 Å². The number of rotatable bonds is 10. The molecule has 0 aromatic carbocycles. The van der Waals surface area contributed by atoms with Crippen molar-refractivity contribution in [1.29, 1.82) is 0 Å². The molecule has 1 aliphatic heterocycles. The molecule has 0 bridgehead atoms. The van der Waals surface area contributed by atoms with Gasteiger partial charge in [-0.3, -0.25) is 4.79 Å². The number of carbonyl (C=O) groups is 1. The van der Waals surface area contributed by atoms with E-state index in [-0.39, 0.29) is 5.91 Å². The maximum atomic E-state index is 11.5. The molecule has 1 saturated heterocycles. The van der Waals surface area contributed by atoms with Crippen LogP contribution in [0.3, 0.4) is 0 Å². The average Bonchev–Trinajstić information content (AvgIpc) is 2.44. The highest BCUT2D eigenvalue weighted by molar-refractivity contribution is 5.75. The number of hydrogen-bond donors (Lipinski definition) is 2. The van der Waals surface area contributed by atoms with Crippen molar-refractivity contribution in [2.45, 2.75) is 25.4 Å². The molecule has 0 atom stereocenters. The van der Waals surface area contributed by atoms with E-state index in [9.17, 15) is 4.79 Å². The lowest BCUT2D eigenvalue weighted by Crippen LogP contribution is -2.33. The summed E-state index contributed by atoms with van der Waals surface area (Å²) in [6, 6.07) is 0. The second-order valence-corrected chi connectivity index (χ2v) is 4.53. The third-order valence-electron chi connectivity index (χ3n) is 2.97. The van der Waals surface area contributed by atoms with Crippen molar-refractivity contribution >= 4 is 5.91 Å². The van der Waals surface area contributed by atoms with Crippen molar-refractivity contribution in [2.24, 2.45) is 0 Å². The van der Waals surface area contributed by atoms with E-state index in [1.807, 2.05) is 0 Å². The molecule has 0 saturated carbocycles. The van der Waals surface area contributed by atoms with Crippen LogP contribution in [-0.4, -0.2) is 65.2 Å². The predicted octanol–water partition coefficient (Wildman–Crippen LogP) is -0.0757. The van der Waals surface area contributed by atoms with Gasteiger partial charge in [-0.2, -0.15) is 0 Å². The van der Waals surface area contributed by atoms with Crippen LogP contribution in [0.4, 0.5) is 0 Å². The SMILES string of the molecule is COCCOCCNC(=O)CCOC1CCNCC1. The molecule has 2 N–H and O–H groups in total. The van der Waals surface area contributed by atoms with Gasteiger partial charge in [-0.1, -0.05) is 0 Å². The highest BCUT2D eigenvalue weighted by Crippen LogP contribution is 2.07. The van der Waals surface area contributed by atoms with E-state index in [0.717, 1.165) is 25.9 Å². The molecule has 0 aromatic rings. The summed E-state index contributed by atoms with van der Waals surface area (Å²) in [4.78, 5) is 11.5. The van der Waals surface area contributed by atoms with Crippen LogP contribution in [0.5, 0.6) is 0 Å². The van der Waals surface area contributed by atoms with Gasteiger partial charge in [0.2, 0.25) is 5.91 Å². The van der Waals surface area contributed by atoms with Crippen molar-refractivity contribution in [2.75, 3.05) is 53.2 Å². The normalized spacial score (nSPS) is 16.5. The fraction of sp³-hybridized carbons (Fsp3) is 0.923. The van der Waals surface area contributed by atoms with Gasteiger partial charge in [0.15, 0.2) is 0 Å². The van der Waals surface area contributed by atoms with Gasteiger partial charge < -0.3 is 24.8 Å². The minimum absolute atomic E-state index is 0.0178. The molecule has 1 rings (SSSR count). The molecule has 0 aromatic heterocycles. The van der Waals surface area contributed by atoms with Crippen LogP contribution in [0, 0.1) is 0 Å². The summed E-state index contributed by atoms with van der Waals surface area (Å²) in [5.74, 6) is 0.0178. The third-order valence-corrected chi connectivity index (χ3v) is 2.97. The van der Waals surface area contributed by atoms with Gasteiger partial charge in [0.05, 0.1) is 32.5 Å². The Labute approximate surface area is 115 Å². The third kappa shape index (κ3) is 8.93. The molecule has 1 aliphatic rings. The molecule has 0 unspecified atom stereocenters. The standard InChI is InChI=1S/C13H26N2O4/c1-17-10-11-18-9-7-15-13(16)4-8-19-12-2-5-14-6-3-12/h12,14H,2-11H2,1H3,(H,15,16). The Balaban J connectivity index is 1.87. The lowest BCUT2D eigenvalue weighted by molar-refractivity contribution is -0.123. The van der Waals surface area contributed by atoms with E-state index < -0.39 is 0 Å². The van der Waals surface area contributed by atoms with Gasteiger partial charge in [0.25, 0.3) is 0 Å². The summed E-state index contributed by atoms with van der Waals surface area (Å²) in [6.45, 7) is 4.72. The van der Waals surface area contributed by atoms with Crippen molar-refractivity contribution in [3.8, 4) is 0 Å². The lowest BCUT2D eigenvalue weighted by Gasteiger charge is -2.22. The topological polar surface area (TPSA) is 68.8 Å². The zero-order valence-corrected chi connectivity index (χ0v) is 11.8. The highest BCUT2D eigenvalue weighted by Gasteiger charge is 2.13. The fourth-order valence-electron chi connectivity index (χ4n) is 1.88. The summed E-state index contributed by atoms with van der Waals surface area (Å²) in [5, 5.41) is 6.08. The number of nitrogens with one attached hydrogen (secondary N) is 2. The van der Waals surface area contributed by atoms with E-state index >= 15 is 0 Å². The van der Waals surface area contributed by atoms with Gasteiger partial charge in [-0.15, -0.1) is 0 Å². The average molecular weight is 274 g/mol. The molecule has 0 radical (unpaired) electrons. The maximum Gasteiger partial charge on any atom is 0.222 e. The molecule has 1 amide bonds. The molecule has 1 heterocycles. The first-order valence-corrected chi connectivity index (χ1v) is 6.98. The Bertz CT molecular complexity index is 233. The Morgan fingerprint density at radius 1 is 1.21 bits per heavy atom. The Kier molecular flexibility index (Phi) is 9.61. The number of hydrogen-bond acceptors (Lipinski definition) is 5. The van der Waals surface area contributed by atoms with Crippen LogP contribution in [0.15, 0.2) is 0 Å². The molecule has 19 heavy (non-hydrogen) atoms. The first-order valence-electron chi connectivity index (χ1n) is 6.98. The number of piperidine rings is 1. The van der Waals surface area contributed by atoms with Crippen LogP contribution in [0.25, 0.3) is 0 Å². The second-order valence-electron chi connectivity index (χ2n) is 4.53. The minimum atomic E-state index is 0.0178. The Hall–Kier alpha value is -0.690. The van der Waals surface area contributed by atoms with Gasteiger partial charge in [0.1, 0.15) is 0 Å². The molecule has 1 fully saturated rings. The largest absolute Gasteiger partial charge is 0.382 e. The van der Waals surface area contributed by atoms with Crippen LogP contribution in [0.1, 0.15) is 19.3 Å². The number of carbonyl (C=O) groups excluding carboxylic acids is 1. The zero-order valence-electron chi connectivity index (χ0n) is 11.8.